The predicted molar refractivity (Wildman–Crippen MR) is 67.9 cm³/mol. The summed E-state index contributed by atoms with van der Waals surface area (Å²) in [6.45, 7) is 2.45. The smallest absolute Gasteiger partial charge is 0.237 e. The van der Waals surface area contributed by atoms with Gasteiger partial charge in [-0.3, -0.25) is 4.79 Å². The molecule has 1 atom stereocenters. The largest absolute Gasteiger partial charge is 0.381 e. The van der Waals surface area contributed by atoms with Gasteiger partial charge in [0.15, 0.2) is 0 Å². The van der Waals surface area contributed by atoms with Gasteiger partial charge in [-0.1, -0.05) is 0 Å². The van der Waals surface area contributed by atoms with Crippen molar-refractivity contribution in [3.63, 3.8) is 0 Å². The highest BCUT2D eigenvalue weighted by atomic mass is 35.7. The van der Waals surface area contributed by atoms with Crippen LogP contribution in [0.3, 0.4) is 0 Å². The van der Waals surface area contributed by atoms with Crippen molar-refractivity contribution in [2.75, 3.05) is 26.3 Å². The van der Waals surface area contributed by atoms with Crippen LogP contribution in [0.15, 0.2) is 0 Å². The Labute approximate surface area is 112 Å². The average molecular weight is 296 g/mol. The topological polar surface area (TPSA) is 63.7 Å². The molecule has 0 N–H and O–H groups in total. The number of carbonyl (C=O) groups excluding carboxylic acids is 1. The maximum Gasteiger partial charge on any atom is 0.237 e. The van der Waals surface area contributed by atoms with Crippen LogP contribution in [0.1, 0.15) is 25.7 Å². The molecule has 5 nitrogen and oxygen atoms in total. The van der Waals surface area contributed by atoms with E-state index in [0.717, 1.165) is 32.5 Å². The van der Waals surface area contributed by atoms with Gasteiger partial charge in [0.2, 0.25) is 15.0 Å². The second kappa shape index (κ2) is 5.75. The number of ether oxygens (including phenoxy) is 1. The molecule has 0 aliphatic carbocycles. The van der Waals surface area contributed by atoms with E-state index in [2.05, 4.69) is 0 Å². The van der Waals surface area contributed by atoms with Gasteiger partial charge >= 0.3 is 0 Å². The van der Waals surface area contributed by atoms with Crippen LogP contribution < -0.4 is 0 Å². The number of nitrogens with zero attached hydrogens (tertiary/aromatic N) is 1. The molecule has 7 heteroatoms. The molecule has 0 aromatic rings. The second-order valence-corrected chi connectivity index (χ2v) is 7.89. The van der Waals surface area contributed by atoms with Crippen LogP contribution in [0.25, 0.3) is 0 Å². The first-order valence-corrected chi connectivity index (χ1v) is 8.63. The molecular weight excluding hydrogens is 278 g/mol. The van der Waals surface area contributed by atoms with Gasteiger partial charge in [-0.05, 0) is 25.2 Å². The zero-order valence-corrected chi connectivity index (χ0v) is 11.8. The summed E-state index contributed by atoms with van der Waals surface area (Å²) in [6.07, 6.45) is 3.00. The Hall–Kier alpha value is -0.330. The first-order valence-electron chi connectivity index (χ1n) is 6.26. The van der Waals surface area contributed by atoms with Crippen LogP contribution in [-0.2, 0) is 18.6 Å². The molecular formula is C11H18ClNO4S. The normalized spacial score (nSPS) is 26.8. The fourth-order valence-corrected chi connectivity index (χ4v) is 3.57. The number of rotatable bonds is 4. The van der Waals surface area contributed by atoms with Gasteiger partial charge in [0.1, 0.15) is 5.25 Å². The van der Waals surface area contributed by atoms with Crippen molar-refractivity contribution < 1.29 is 17.9 Å². The molecule has 2 heterocycles. The monoisotopic (exact) mass is 295 g/mol. The summed E-state index contributed by atoms with van der Waals surface area (Å²) in [5, 5.41) is -0.735. The average Bonchev–Trinajstić information content (AvgIpc) is 2.69. The number of carbonyl (C=O) groups is 1. The minimum absolute atomic E-state index is 0.0274. The first-order chi connectivity index (χ1) is 8.47. The Morgan fingerprint density at radius 3 is 2.56 bits per heavy atom. The summed E-state index contributed by atoms with van der Waals surface area (Å²) in [4.78, 5) is 13.3. The molecule has 2 aliphatic heterocycles. The van der Waals surface area contributed by atoms with Crippen molar-refractivity contribution in [2.45, 2.75) is 30.9 Å². The number of halogens is 1. The molecule has 104 valence electrons. The Balaban J connectivity index is 1.81. The van der Waals surface area contributed by atoms with Crippen molar-refractivity contribution in [1.29, 1.82) is 0 Å². The van der Waals surface area contributed by atoms with Gasteiger partial charge in [-0.2, -0.15) is 0 Å². The summed E-state index contributed by atoms with van der Waals surface area (Å²) in [7, 11) is 1.67. The van der Waals surface area contributed by atoms with Crippen LogP contribution in [0, 0.1) is 5.92 Å². The number of hydrogen-bond acceptors (Lipinski definition) is 4. The minimum Gasteiger partial charge on any atom is -0.381 e. The molecule has 0 radical (unpaired) electrons. The zero-order chi connectivity index (χ0) is 13.2. The molecule has 0 bridgehead atoms. The highest BCUT2D eigenvalue weighted by Crippen LogP contribution is 2.24. The van der Waals surface area contributed by atoms with Gasteiger partial charge in [0.05, 0.1) is 0 Å². The molecule has 0 spiro atoms. The van der Waals surface area contributed by atoms with Gasteiger partial charge in [0, 0.05) is 43.4 Å². The number of amides is 1. The Morgan fingerprint density at radius 2 is 2.00 bits per heavy atom. The van der Waals surface area contributed by atoms with E-state index in [9.17, 15) is 13.2 Å². The number of hydrogen-bond donors (Lipinski definition) is 0. The summed E-state index contributed by atoms with van der Waals surface area (Å²) < 4.78 is 27.7. The SMILES string of the molecule is O=C1CC(S(=O)(=O)Cl)CN1CCC1CCOCC1. The first kappa shape index (κ1) is 14.1. The van der Waals surface area contributed by atoms with Crippen molar-refractivity contribution >= 4 is 25.6 Å². The second-order valence-electron chi connectivity index (χ2n) is 4.99. The molecule has 2 fully saturated rings. The predicted octanol–water partition coefficient (Wildman–Crippen LogP) is 0.973. The minimum atomic E-state index is -3.62. The lowest BCUT2D eigenvalue weighted by Crippen LogP contribution is -2.30. The highest BCUT2D eigenvalue weighted by molar-refractivity contribution is 8.14. The van der Waals surface area contributed by atoms with Gasteiger partial charge in [-0.25, -0.2) is 8.42 Å². The maximum atomic E-state index is 11.7. The molecule has 0 saturated carbocycles. The summed E-state index contributed by atoms with van der Waals surface area (Å²) in [5.41, 5.74) is 0. The quantitative estimate of drug-likeness (QED) is 0.725. The van der Waals surface area contributed by atoms with E-state index in [1.54, 1.807) is 4.90 Å². The summed E-state index contributed by atoms with van der Waals surface area (Å²) in [6, 6.07) is 0. The molecule has 2 rings (SSSR count). The van der Waals surface area contributed by atoms with Crippen molar-refractivity contribution in [1.82, 2.24) is 4.90 Å². The number of likely N-dealkylation sites (tertiary alicyclic amines) is 1. The molecule has 0 aromatic heterocycles. The standard InChI is InChI=1S/C11H18ClNO4S/c12-18(15,16)10-7-11(14)13(8-10)4-1-9-2-5-17-6-3-9/h9-10H,1-8H2. The molecule has 1 amide bonds. The van der Waals surface area contributed by atoms with E-state index in [4.69, 9.17) is 15.4 Å². The van der Waals surface area contributed by atoms with Gasteiger partial charge in [0.25, 0.3) is 0 Å². The molecule has 0 aromatic carbocycles. The van der Waals surface area contributed by atoms with E-state index in [0.29, 0.717) is 12.5 Å². The zero-order valence-electron chi connectivity index (χ0n) is 10.2. The third-order valence-corrected chi connectivity index (χ3v) is 5.59. The van der Waals surface area contributed by atoms with Crippen molar-refractivity contribution in [2.24, 2.45) is 5.92 Å². The Kier molecular flexibility index (Phi) is 4.50. The fraction of sp³-hybridized carbons (Fsp3) is 0.909. The van der Waals surface area contributed by atoms with E-state index in [1.807, 2.05) is 0 Å². The third kappa shape index (κ3) is 3.59. The van der Waals surface area contributed by atoms with Crippen LogP contribution in [0.5, 0.6) is 0 Å². The van der Waals surface area contributed by atoms with E-state index in [1.165, 1.54) is 0 Å². The lowest BCUT2D eigenvalue weighted by molar-refractivity contribution is -0.127. The van der Waals surface area contributed by atoms with E-state index < -0.39 is 14.3 Å². The van der Waals surface area contributed by atoms with Crippen LogP contribution in [-0.4, -0.2) is 50.8 Å². The fourth-order valence-electron chi connectivity index (χ4n) is 2.51. The van der Waals surface area contributed by atoms with Gasteiger partial charge in [-0.15, -0.1) is 0 Å². The molecule has 2 aliphatic rings. The maximum absolute atomic E-state index is 11.7. The summed E-state index contributed by atoms with van der Waals surface area (Å²) >= 11 is 0. The van der Waals surface area contributed by atoms with Crippen LogP contribution >= 0.6 is 10.7 Å². The van der Waals surface area contributed by atoms with Crippen molar-refractivity contribution in [3.8, 4) is 0 Å². The van der Waals surface area contributed by atoms with Crippen LogP contribution in [0.2, 0.25) is 0 Å². The lowest BCUT2D eigenvalue weighted by atomic mass is 9.96. The third-order valence-electron chi connectivity index (χ3n) is 3.73. The Bertz CT molecular complexity index is 405. The highest BCUT2D eigenvalue weighted by Gasteiger charge is 2.37. The Morgan fingerprint density at radius 1 is 1.33 bits per heavy atom. The molecule has 18 heavy (non-hydrogen) atoms. The molecule has 2 saturated heterocycles. The van der Waals surface area contributed by atoms with Gasteiger partial charge < -0.3 is 9.64 Å². The lowest BCUT2D eigenvalue weighted by Gasteiger charge is -2.24. The van der Waals surface area contributed by atoms with E-state index in [-0.39, 0.29) is 18.9 Å². The summed E-state index contributed by atoms with van der Waals surface area (Å²) in [5.74, 6) is 0.481. The molecule has 1 unspecified atom stereocenters. The van der Waals surface area contributed by atoms with E-state index >= 15 is 0 Å². The van der Waals surface area contributed by atoms with Crippen molar-refractivity contribution in [3.05, 3.63) is 0 Å². The van der Waals surface area contributed by atoms with Crippen LogP contribution in [0.4, 0.5) is 0 Å².